The molecule has 4 nitrogen and oxygen atoms in total. The molecular formula is C19H18ClNO3. The average Bonchev–Trinajstić information content (AvgIpc) is 2.60. The molecule has 1 aliphatic heterocycles. The third-order valence-corrected chi connectivity index (χ3v) is 4.37. The Morgan fingerprint density at radius 1 is 1.12 bits per heavy atom. The number of fused-ring (bicyclic) bond motifs is 1. The fourth-order valence-electron chi connectivity index (χ4n) is 2.84. The number of ether oxygens (including phenoxy) is 1. The van der Waals surface area contributed by atoms with Crippen molar-refractivity contribution in [2.24, 2.45) is 0 Å². The van der Waals surface area contributed by atoms with E-state index in [9.17, 15) is 9.59 Å². The summed E-state index contributed by atoms with van der Waals surface area (Å²) in [5.74, 6) is -0.726. The lowest BCUT2D eigenvalue weighted by Crippen LogP contribution is -2.42. The molecule has 0 N–H and O–H groups in total. The SMILES string of the molecule is C[C@H](OC(=O)c1cccc(Cl)c1)C(=O)N1CCc2ccccc2C1. The minimum absolute atomic E-state index is 0.181. The molecule has 0 aliphatic carbocycles. The maximum atomic E-state index is 12.6. The summed E-state index contributed by atoms with van der Waals surface area (Å²) >= 11 is 5.87. The van der Waals surface area contributed by atoms with E-state index in [4.69, 9.17) is 16.3 Å². The maximum absolute atomic E-state index is 12.6. The van der Waals surface area contributed by atoms with Crippen molar-refractivity contribution in [3.8, 4) is 0 Å². The molecule has 1 amide bonds. The van der Waals surface area contributed by atoms with Crippen LogP contribution in [0.1, 0.15) is 28.4 Å². The molecule has 1 heterocycles. The number of carbonyl (C=O) groups excluding carboxylic acids is 2. The second kappa shape index (κ2) is 7.05. The standard InChI is InChI=1S/C19H18ClNO3/c1-13(24-19(23)15-7-4-8-17(20)11-15)18(22)21-10-9-14-5-2-3-6-16(14)12-21/h2-8,11,13H,9-10,12H2,1H3/t13-/m0/s1. The molecule has 2 aromatic rings. The van der Waals surface area contributed by atoms with E-state index in [1.165, 1.54) is 11.6 Å². The minimum Gasteiger partial charge on any atom is -0.449 e. The zero-order valence-corrected chi connectivity index (χ0v) is 14.1. The first-order valence-electron chi connectivity index (χ1n) is 7.86. The van der Waals surface area contributed by atoms with E-state index in [0.29, 0.717) is 23.7 Å². The highest BCUT2D eigenvalue weighted by atomic mass is 35.5. The highest BCUT2D eigenvalue weighted by Gasteiger charge is 2.27. The van der Waals surface area contributed by atoms with E-state index in [1.807, 2.05) is 18.2 Å². The van der Waals surface area contributed by atoms with Gasteiger partial charge in [-0.05, 0) is 42.7 Å². The molecule has 3 rings (SSSR count). The number of hydrogen-bond acceptors (Lipinski definition) is 3. The lowest BCUT2D eigenvalue weighted by molar-refractivity contribution is -0.140. The number of rotatable bonds is 3. The molecule has 5 heteroatoms. The predicted molar refractivity (Wildman–Crippen MR) is 91.9 cm³/mol. The van der Waals surface area contributed by atoms with Crippen molar-refractivity contribution in [1.82, 2.24) is 4.90 Å². The molecule has 0 saturated heterocycles. The van der Waals surface area contributed by atoms with Gasteiger partial charge in [-0.15, -0.1) is 0 Å². The van der Waals surface area contributed by atoms with Gasteiger partial charge < -0.3 is 9.64 Å². The van der Waals surface area contributed by atoms with Crippen LogP contribution in [0.15, 0.2) is 48.5 Å². The molecule has 1 atom stereocenters. The fraction of sp³-hybridized carbons (Fsp3) is 0.263. The lowest BCUT2D eigenvalue weighted by atomic mass is 9.99. The Morgan fingerprint density at radius 2 is 1.88 bits per heavy atom. The van der Waals surface area contributed by atoms with Crippen LogP contribution >= 0.6 is 11.6 Å². The zero-order valence-electron chi connectivity index (χ0n) is 13.4. The third kappa shape index (κ3) is 3.60. The molecule has 2 aromatic carbocycles. The molecule has 0 fully saturated rings. The fourth-order valence-corrected chi connectivity index (χ4v) is 3.03. The van der Waals surface area contributed by atoms with Crippen LogP contribution in [0.4, 0.5) is 0 Å². The summed E-state index contributed by atoms with van der Waals surface area (Å²) in [6.07, 6.45) is -0.0154. The summed E-state index contributed by atoms with van der Waals surface area (Å²) in [6, 6.07) is 14.6. The zero-order chi connectivity index (χ0) is 17.1. The first-order valence-corrected chi connectivity index (χ1v) is 8.24. The van der Waals surface area contributed by atoms with Crippen molar-refractivity contribution >= 4 is 23.5 Å². The second-order valence-corrected chi connectivity index (χ2v) is 6.27. The normalized spacial score (nSPS) is 14.7. The van der Waals surface area contributed by atoms with Crippen LogP contribution in [0.25, 0.3) is 0 Å². The molecule has 0 bridgehead atoms. The van der Waals surface area contributed by atoms with E-state index in [1.54, 1.807) is 30.0 Å². The Labute approximate surface area is 146 Å². The van der Waals surface area contributed by atoms with E-state index >= 15 is 0 Å². The Morgan fingerprint density at radius 3 is 2.62 bits per heavy atom. The predicted octanol–water partition coefficient (Wildman–Crippen LogP) is 3.47. The Kier molecular flexibility index (Phi) is 4.86. The molecule has 0 aromatic heterocycles. The van der Waals surface area contributed by atoms with Gasteiger partial charge in [0.25, 0.3) is 5.91 Å². The molecule has 0 saturated carbocycles. The topological polar surface area (TPSA) is 46.6 Å². The molecule has 24 heavy (non-hydrogen) atoms. The molecular weight excluding hydrogens is 326 g/mol. The van der Waals surface area contributed by atoms with E-state index < -0.39 is 12.1 Å². The molecule has 0 unspecified atom stereocenters. The number of amides is 1. The summed E-state index contributed by atoms with van der Waals surface area (Å²) in [7, 11) is 0. The Bertz CT molecular complexity index is 775. The Balaban J connectivity index is 1.64. The third-order valence-electron chi connectivity index (χ3n) is 4.13. The monoisotopic (exact) mass is 343 g/mol. The highest BCUT2D eigenvalue weighted by Crippen LogP contribution is 2.20. The van der Waals surface area contributed by atoms with Crippen molar-refractivity contribution in [3.63, 3.8) is 0 Å². The van der Waals surface area contributed by atoms with E-state index in [2.05, 4.69) is 6.07 Å². The summed E-state index contributed by atoms with van der Waals surface area (Å²) in [5, 5.41) is 0.455. The Hall–Kier alpha value is -2.33. The number of carbonyl (C=O) groups is 2. The minimum atomic E-state index is -0.832. The maximum Gasteiger partial charge on any atom is 0.338 e. The van der Waals surface area contributed by atoms with Crippen LogP contribution in [-0.2, 0) is 22.5 Å². The van der Waals surface area contributed by atoms with Gasteiger partial charge in [0, 0.05) is 18.1 Å². The van der Waals surface area contributed by atoms with Crippen LogP contribution in [0, 0.1) is 0 Å². The first kappa shape index (κ1) is 16.5. The second-order valence-electron chi connectivity index (χ2n) is 5.84. The van der Waals surface area contributed by atoms with Crippen molar-refractivity contribution < 1.29 is 14.3 Å². The summed E-state index contributed by atoms with van der Waals surface area (Å²) in [6.45, 7) is 2.79. The summed E-state index contributed by atoms with van der Waals surface area (Å²) < 4.78 is 5.31. The van der Waals surface area contributed by atoms with Gasteiger partial charge in [0.1, 0.15) is 0 Å². The average molecular weight is 344 g/mol. The van der Waals surface area contributed by atoms with E-state index in [0.717, 1.165) is 12.0 Å². The quantitative estimate of drug-likeness (QED) is 0.802. The van der Waals surface area contributed by atoms with Crippen LogP contribution in [0.2, 0.25) is 5.02 Å². The first-order chi connectivity index (χ1) is 11.5. The van der Waals surface area contributed by atoms with Crippen molar-refractivity contribution in [2.75, 3.05) is 6.54 Å². The number of benzene rings is 2. The van der Waals surface area contributed by atoms with Crippen LogP contribution in [0.3, 0.4) is 0 Å². The van der Waals surface area contributed by atoms with Gasteiger partial charge in [-0.2, -0.15) is 0 Å². The van der Waals surface area contributed by atoms with Gasteiger partial charge in [-0.3, -0.25) is 4.79 Å². The van der Waals surface area contributed by atoms with Crippen LogP contribution in [0.5, 0.6) is 0 Å². The smallest absolute Gasteiger partial charge is 0.338 e. The lowest BCUT2D eigenvalue weighted by Gasteiger charge is -2.30. The number of halogens is 1. The largest absolute Gasteiger partial charge is 0.449 e. The molecule has 0 spiro atoms. The van der Waals surface area contributed by atoms with Gasteiger partial charge in [0.2, 0.25) is 0 Å². The van der Waals surface area contributed by atoms with Gasteiger partial charge in [-0.25, -0.2) is 4.79 Å². The highest BCUT2D eigenvalue weighted by molar-refractivity contribution is 6.30. The summed E-state index contributed by atoms with van der Waals surface area (Å²) in [5.41, 5.74) is 2.75. The molecule has 1 aliphatic rings. The number of nitrogens with zero attached hydrogens (tertiary/aromatic N) is 1. The van der Waals surface area contributed by atoms with Crippen LogP contribution < -0.4 is 0 Å². The summed E-state index contributed by atoms with van der Waals surface area (Å²) in [4.78, 5) is 26.4. The van der Waals surface area contributed by atoms with Crippen molar-refractivity contribution in [1.29, 1.82) is 0 Å². The molecule has 0 radical (unpaired) electrons. The van der Waals surface area contributed by atoms with Gasteiger partial charge in [0.05, 0.1) is 5.56 Å². The van der Waals surface area contributed by atoms with Gasteiger partial charge in [-0.1, -0.05) is 41.9 Å². The van der Waals surface area contributed by atoms with Crippen molar-refractivity contribution in [2.45, 2.75) is 26.0 Å². The number of hydrogen-bond donors (Lipinski definition) is 0. The van der Waals surface area contributed by atoms with Crippen LogP contribution in [-0.4, -0.2) is 29.4 Å². The van der Waals surface area contributed by atoms with Gasteiger partial charge in [0.15, 0.2) is 6.10 Å². The van der Waals surface area contributed by atoms with E-state index in [-0.39, 0.29) is 5.91 Å². The van der Waals surface area contributed by atoms with Gasteiger partial charge >= 0.3 is 5.97 Å². The van der Waals surface area contributed by atoms with Crippen molar-refractivity contribution in [3.05, 3.63) is 70.2 Å². The number of esters is 1. The molecule has 124 valence electrons.